The first kappa shape index (κ1) is 24.4. The monoisotopic (exact) mass is 438 g/mol. The highest BCUT2D eigenvalue weighted by molar-refractivity contribution is 5.72. The molecule has 0 amide bonds. The van der Waals surface area contributed by atoms with Crippen molar-refractivity contribution in [1.82, 2.24) is 4.90 Å². The lowest BCUT2D eigenvalue weighted by molar-refractivity contribution is -0.111. The van der Waals surface area contributed by atoms with Gasteiger partial charge in [0.2, 0.25) is 0 Å². The minimum absolute atomic E-state index is 0.171. The van der Waals surface area contributed by atoms with Crippen molar-refractivity contribution in [3.8, 4) is 11.1 Å². The van der Waals surface area contributed by atoms with Crippen LogP contribution in [0.25, 0.3) is 11.1 Å². The van der Waals surface area contributed by atoms with E-state index in [1.807, 2.05) is 0 Å². The number of hydrogen-bond acceptors (Lipinski definition) is 5. The summed E-state index contributed by atoms with van der Waals surface area (Å²) < 4.78 is 10.8. The van der Waals surface area contributed by atoms with E-state index in [1.54, 1.807) is 0 Å². The lowest BCUT2D eigenvalue weighted by Crippen LogP contribution is -2.39. The third-order valence-corrected chi connectivity index (χ3v) is 6.46. The maximum absolute atomic E-state index is 10.3. The van der Waals surface area contributed by atoms with Gasteiger partial charge < -0.3 is 19.2 Å². The van der Waals surface area contributed by atoms with Crippen molar-refractivity contribution in [3.05, 3.63) is 53.1 Å². The number of ether oxygens (including phenoxy) is 2. The van der Waals surface area contributed by atoms with Gasteiger partial charge in [-0.2, -0.15) is 0 Å². The smallest absolute Gasteiger partial charge is 0.145 e. The Bertz CT molecular complexity index is 860. The quantitative estimate of drug-likeness (QED) is 0.378. The number of anilines is 1. The normalized spacial score (nSPS) is 14.7. The average molecular weight is 439 g/mol. The maximum Gasteiger partial charge on any atom is 0.145 e. The van der Waals surface area contributed by atoms with E-state index in [4.69, 9.17) is 9.47 Å². The lowest BCUT2D eigenvalue weighted by atomic mass is 9.96. The van der Waals surface area contributed by atoms with E-state index in [0.29, 0.717) is 12.6 Å². The summed E-state index contributed by atoms with van der Waals surface area (Å²) in [6.07, 6.45) is 2.98. The molecule has 0 saturated carbocycles. The molecule has 5 heteroatoms. The third-order valence-electron chi connectivity index (χ3n) is 6.46. The topological polar surface area (TPSA) is 42.0 Å². The van der Waals surface area contributed by atoms with E-state index in [0.717, 1.165) is 52.0 Å². The summed E-state index contributed by atoms with van der Waals surface area (Å²) in [6.45, 7) is 11.8. The van der Waals surface area contributed by atoms with Crippen molar-refractivity contribution < 1.29 is 14.3 Å². The summed E-state index contributed by atoms with van der Waals surface area (Å²) in [5.41, 5.74) is 7.86. The molecule has 174 valence electrons. The minimum atomic E-state index is 0.171. The summed E-state index contributed by atoms with van der Waals surface area (Å²) in [6, 6.07) is 14.1. The first-order chi connectivity index (χ1) is 15.5. The van der Waals surface area contributed by atoms with Gasteiger partial charge in [-0.05, 0) is 74.5 Å². The molecule has 1 saturated heterocycles. The van der Waals surface area contributed by atoms with Gasteiger partial charge in [0.15, 0.2) is 0 Å². The van der Waals surface area contributed by atoms with Crippen LogP contribution in [0.4, 0.5) is 5.69 Å². The fraction of sp³-hybridized carbons (Fsp3) is 0.519. The van der Waals surface area contributed by atoms with Crippen LogP contribution in [0.3, 0.4) is 0 Å². The molecule has 0 bridgehead atoms. The molecule has 1 fully saturated rings. The summed E-state index contributed by atoms with van der Waals surface area (Å²) in [5.74, 6) is 0. The highest BCUT2D eigenvalue weighted by atomic mass is 16.5. The Balaban J connectivity index is 1.74. The first-order valence-corrected chi connectivity index (χ1v) is 11.8. The van der Waals surface area contributed by atoms with Crippen LogP contribution in [0.1, 0.15) is 36.5 Å². The summed E-state index contributed by atoms with van der Waals surface area (Å²) >= 11 is 0. The molecular formula is C27H38N2O3. The van der Waals surface area contributed by atoms with Gasteiger partial charge in [0, 0.05) is 44.6 Å². The molecule has 2 aromatic carbocycles. The number of hydrogen-bond donors (Lipinski definition) is 0. The van der Waals surface area contributed by atoms with E-state index in [9.17, 15) is 4.79 Å². The second-order valence-corrected chi connectivity index (χ2v) is 8.74. The van der Waals surface area contributed by atoms with E-state index < -0.39 is 0 Å². The molecule has 0 radical (unpaired) electrons. The van der Waals surface area contributed by atoms with Crippen LogP contribution in [-0.2, 0) is 20.8 Å². The van der Waals surface area contributed by atoms with Crippen molar-refractivity contribution in [3.63, 3.8) is 0 Å². The molecule has 1 heterocycles. The number of aldehydes is 1. The standard InChI is InChI=1S/C27H38N2O3/c1-5-29(26-10-14-31-15-11-26)27-19-25(18-21(2)22(27)3)24-8-6-23(7-9-24)20-28(4)12-16-32-17-13-30/h6-9,13,18-19,26H,5,10-12,14-17,20H2,1-4H3. The van der Waals surface area contributed by atoms with Crippen LogP contribution in [0.15, 0.2) is 36.4 Å². The number of carbonyl (C=O) groups is 1. The van der Waals surface area contributed by atoms with Gasteiger partial charge in [-0.3, -0.25) is 4.90 Å². The van der Waals surface area contributed by atoms with Crippen molar-refractivity contribution in [2.24, 2.45) is 0 Å². The second-order valence-electron chi connectivity index (χ2n) is 8.74. The highest BCUT2D eigenvalue weighted by Gasteiger charge is 2.22. The van der Waals surface area contributed by atoms with E-state index >= 15 is 0 Å². The average Bonchev–Trinajstić information content (AvgIpc) is 2.81. The minimum Gasteiger partial charge on any atom is -0.381 e. The Hall–Kier alpha value is -2.21. The Morgan fingerprint density at radius 2 is 1.81 bits per heavy atom. The molecule has 0 unspecified atom stereocenters. The lowest BCUT2D eigenvalue weighted by Gasteiger charge is -2.37. The number of carbonyl (C=O) groups excluding carboxylic acids is 1. The fourth-order valence-corrected chi connectivity index (χ4v) is 4.47. The predicted octanol–water partition coefficient (Wildman–Crippen LogP) is 4.62. The molecule has 1 aliphatic rings. The Labute approximate surface area is 193 Å². The zero-order valence-corrected chi connectivity index (χ0v) is 20.1. The zero-order chi connectivity index (χ0) is 22.9. The molecule has 5 nitrogen and oxygen atoms in total. The van der Waals surface area contributed by atoms with E-state index in [2.05, 4.69) is 74.0 Å². The number of nitrogens with zero attached hydrogens (tertiary/aromatic N) is 2. The van der Waals surface area contributed by atoms with Gasteiger partial charge in [0.1, 0.15) is 12.9 Å². The SMILES string of the molecule is CCN(c1cc(-c2ccc(CN(C)CCOCC=O)cc2)cc(C)c1C)C1CCOCC1. The van der Waals surface area contributed by atoms with Crippen LogP contribution < -0.4 is 4.90 Å². The Kier molecular flexibility index (Phi) is 9.27. The first-order valence-electron chi connectivity index (χ1n) is 11.8. The molecule has 0 N–H and O–H groups in total. The Morgan fingerprint density at radius 1 is 1.09 bits per heavy atom. The predicted molar refractivity (Wildman–Crippen MR) is 131 cm³/mol. The highest BCUT2D eigenvalue weighted by Crippen LogP contribution is 2.33. The molecule has 3 rings (SSSR count). The van der Waals surface area contributed by atoms with Crippen LogP contribution >= 0.6 is 0 Å². The van der Waals surface area contributed by atoms with Gasteiger partial charge >= 0.3 is 0 Å². The summed E-state index contributed by atoms with van der Waals surface area (Å²) in [5, 5.41) is 0. The number of rotatable bonds is 11. The van der Waals surface area contributed by atoms with Crippen LogP contribution in [-0.4, -0.2) is 63.8 Å². The van der Waals surface area contributed by atoms with Crippen LogP contribution in [0, 0.1) is 13.8 Å². The third kappa shape index (κ3) is 6.41. The molecule has 0 spiro atoms. The molecular weight excluding hydrogens is 400 g/mol. The number of aryl methyl sites for hydroxylation is 1. The van der Waals surface area contributed by atoms with Crippen molar-refractivity contribution in [2.45, 2.75) is 46.2 Å². The van der Waals surface area contributed by atoms with Crippen molar-refractivity contribution >= 4 is 12.0 Å². The second kappa shape index (κ2) is 12.1. The van der Waals surface area contributed by atoms with Crippen LogP contribution in [0.2, 0.25) is 0 Å². The summed E-state index contributed by atoms with van der Waals surface area (Å²) in [7, 11) is 2.07. The van der Waals surface area contributed by atoms with Gasteiger partial charge in [-0.1, -0.05) is 30.3 Å². The van der Waals surface area contributed by atoms with Crippen molar-refractivity contribution in [2.75, 3.05) is 51.5 Å². The molecule has 0 atom stereocenters. The van der Waals surface area contributed by atoms with Gasteiger partial charge in [-0.15, -0.1) is 0 Å². The van der Waals surface area contributed by atoms with E-state index in [-0.39, 0.29) is 6.61 Å². The van der Waals surface area contributed by atoms with E-state index in [1.165, 1.54) is 33.5 Å². The number of benzene rings is 2. The van der Waals surface area contributed by atoms with Gasteiger partial charge in [0.05, 0.1) is 6.61 Å². The Morgan fingerprint density at radius 3 is 2.47 bits per heavy atom. The molecule has 0 aromatic heterocycles. The van der Waals surface area contributed by atoms with Crippen molar-refractivity contribution in [1.29, 1.82) is 0 Å². The molecule has 2 aromatic rings. The van der Waals surface area contributed by atoms with Gasteiger partial charge in [0.25, 0.3) is 0 Å². The largest absolute Gasteiger partial charge is 0.381 e. The molecule has 1 aliphatic heterocycles. The molecule has 32 heavy (non-hydrogen) atoms. The summed E-state index contributed by atoms with van der Waals surface area (Å²) in [4.78, 5) is 15.1. The van der Waals surface area contributed by atoms with Crippen LogP contribution in [0.5, 0.6) is 0 Å². The molecule has 0 aliphatic carbocycles. The zero-order valence-electron chi connectivity index (χ0n) is 20.1. The number of likely N-dealkylation sites (N-methyl/N-ethyl adjacent to an activating group) is 1. The maximum atomic E-state index is 10.3. The fourth-order valence-electron chi connectivity index (χ4n) is 4.47. The van der Waals surface area contributed by atoms with Gasteiger partial charge in [-0.25, -0.2) is 0 Å².